The first-order chi connectivity index (χ1) is 12.7. The summed E-state index contributed by atoms with van der Waals surface area (Å²) in [5.74, 6) is 0.610. The lowest BCUT2D eigenvalue weighted by Gasteiger charge is -2.10. The number of nitrogens with zero attached hydrogens (tertiary/aromatic N) is 2. The van der Waals surface area contributed by atoms with Crippen molar-refractivity contribution in [2.24, 2.45) is 0 Å². The van der Waals surface area contributed by atoms with Gasteiger partial charge in [0.15, 0.2) is 0 Å². The molecule has 1 aromatic heterocycles. The molecule has 1 N–H and O–H groups in total. The van der Waals surface area contributed by atoms with E-state index < -0.39 is 11.2 Å². The van der Waals surface area contributed by atoms with Crippen LogP contribution in [0, 0.1) is 0 Å². The Bertz CT molecular complexity index is 980. The van der Waals surface area contributed by atoms with Crippen LogP contribution in [0.25, 0.3) is 0 Å². The van der Waals surface area contributed by atoms with Crippen molar-refractivity contribution in [1.29, 1.82) is 0 Å². The number of H-pyrrole nitrogens is 1. The van der Waals surface area contributed by atoms with Crippen molar-refractivity contribution in [3.05, 3.63) is 86.6 Å². The fraction of sp³-hybridized carbons (Fsp3) is 0.211. The summed E-state index contributed by atoms with van der Waals surface area (Å²) in [5.41, 5.74) is 0.638. The topological polar surface area (TPSA) is 86.2 Å². The summed E-state index contributed by atoms with van der Waals surface area (Å²) < 4.78 is 12.0. The maximum Gasteiger partial charge on any atom is 0.344 e. The van der Waals surface area contributed by atoms with E-state index >= 15 is 0 Å². The molecular formula is C19H19N3O4. The van der Waals surface area contributed by atoms with E-state index in [1.807, 2.05) is 54.6 Å². The molecule has 0 aliphatic rings. The van der Waals surface area contributed by atoms with Gasteiger partial charge in [0.05, 0.1) is 13.7 Å². The first-order valence-corrected chi connectivity index (χ1v) is 8.17. The van der Waals surface area contributed by atoms with E-state index in [-0.39, 0.29) is 19.0 Å². The summed E-state index contributed by atoms with van der Waals surface area (Å²) in [4.78, 5) is 26.2. The van der Waals surface area contributed by atoms with E-state index in [0.717, 1.165) is 16.9 Å². The molecular weight excluding hydrogens is 334 g/mol. The summed E-state index contributed by atoms with van der Waals surface area (Å²) in [6, 6.07) is 17.0. The monoisotopic (exact) mass is 353 g/mol. The highest BCUT2D eigenvalue weighted by Crippen LogP contribution is 2.17. The Balaban J connectivity index is 1.75. The summed E-state index contributed by atoms with van der Waals surface area (Å²) in [6.45, 7) is 0.485. The molecule has 3 rings (SSSR count). The Hall–Kier alpha value is -3.35. The number of benzene rings is 2. The third-order valence-corrected chi connectivity index (χ3v) is 3.86. The molecule has 1 heterocycles. The van der Waals surface area contributed by atoms with Gasteiger partial charge < -0.3 is 9.47 Å². The second-order valence-electron chi connectivity index (χ2n) is 5.62. The quantitative estimate of drug-likeness (QED) is 0.699. The predicted octanol–water partition coefficient (Wildman–Crippen LogP) is 1.76. The molecule has 0 aliphatic heterocycles. The zero-order chi connectivity index (χ0) is 18.4. The van der Waals surface area contributed by atoms with Gasteiger partial charge in [0, 0.05) is 0 Å². The standard InChI is InChI=1S/C19H19N3O4/c1-25-16-10-6-5-9-15(16)11-12-22-19(24)20-17(23)18(21-22)26-13-14-7-3-2-4-8-14/h2-10H,11-13H2,1H3,(H,20,23,24). The highest BCUT2D eigenvalue weighted by atomic mass is 16.5. The second-order valence-corrected chi connectivity index (χ2v) is 5.62. The number of ether oxygens (including phenoxy) is 2. The van der Waals surface area contributed by atoms with Crippen molar-refractivity contribution in [3.63, 3.8) is 0 Å². The summed E-state index contributed by atoms with van der Waals surface area (Å²) in [5, 5.41) is 4.05. The van der Waals surface area contributed by atoms with E-state index in [1.54, 1.807) is 7.11 Å². The molecule has 3 aromatic rings. The fourth-order valence-electron chi connectivity index (χ4n) is 2.52. The lowest BCUT2D eigenvalue weighted by atomic mass is 10.1. The van der Waals surface area contributed by atoms with Crippen molar-refractivity contribution < 1.29 is 9.47 Å². The average molecular weight is 353 g/mol. The van der Waals surface area contributed by atoms with Gasteiger partial charge in [0.25, 0.3) is 5.88 Å². The lowest BCUT2D eigenvalue weighted by Crippen LogP contribution is -2.33. The van der Waals surface area contributed by atoms with Gasteiger partial charge in [-0.1, -0.05) is 48.5 Å². The molecule has 26 heavy (non-hydrogen) atoms. The fourth-order valence-corrected chi connectivity index (χ4v) is 2.52. The van der Waals surface area contributed by atoms with Gasteiger partial charge in [-0.2, -0.15) is 0 Å². The van der Waals surface area contributed by atoms with Gasteiger partial charge in [0.1, 0.15) is 12.4 Å². The van der Waals surface area contributed by atoms with Crippen LogP contribution in [-0.2, 0) is 19.6 Å². The minimum absolute atomic E-state index is 0.131. The Morgan fingerprint density at radius 1 is 1.04 bits per heavy atom. The molecule has 0 radical (unpaired) electrons. The predicted molar refractivity (Wildman–Crippen MR) is 96.6 cm³/mol. The van der Waals surface area contributed by atoms with E-state index in [9.17, 15) is 9.59 Å². The molecule has 2 aromatic carbocycles. The van der Waals surface area contributed by atoms with Crippen molar-refractivity contribution in [3.8, 4) is 11.6 Å². The van der Waals surface area contributed by atoms with E-state index in [0.29, 0.717) is 6.42 Å². The first kappa shape index (κ1) is 17.5. The van der Waals surface area contributed by atoms with Crippen molar-refractivity contribution >= 4 is 0 Å². The number of aryl methyl sites for hydroxylation is 2. The Morgan fingerprint density at radius 3 is 2.54 bits per heavy atom. The number of nitrogens with one attached hydrogen (secondary N) is 1. The number of para-hydroxylation sites is 1. The largest absolute Gasteiger partial charge is 0.496 e. The maximum atomic E-state index is 12.0. The Labute approximate surface area is 149 Å². The van der Waals surface area contributed by atoms with Crippen molar-refractivity contribution in [2.45, 2.75) is 19.6 Å². The average Bonchev–Trinajstić information content (AvgIpc) is 2.67. The summed E-state index contributed by atoms with van der Waals surface area (Å²) >= 11 is 0. The van der Waals surface area contributed by atoms with Crippen LogP contribution < -0.4 is 20.7 Å². The molecule has 0 atom stereocenters. The van der Waals surface area contributed by atoms with E-state index in [1.165, 1.54) is 4.68 Å². The minimum atomic E-state index is -0.639. The molecule has 0 saturated carbocycles. The molecule has 0 amide bonds. The van der Waals surface area contributed by atoms with Gasteiger partial charge in [-0.05, 0) is 23.6 Å². The molecule has 0 fully saturated rings. The highest BCUT2D eigenvalue weighted by Gasteiger charge is 2.09. The van der Waals surface area contributed by atoms with Crippen LogP contribution in [0.15, 0.2) is 64.2 Å². The normalized spacial score (nSPS) is 10.5. The lowest BCUT2D eigenvalue weighted by molar-refractivity contribution is 0.275. The summed E-state index contributed by atoms with van der Waals surface area (Å²) in [6.07, 6.45) is 0.529. The number of aromatic amines is 1. The molecule has 0 saturated heterocycles. The first-order valence-electron chi connectivity index (χ1n) is 8.17. The zero-order valence-corrected chi connectivity index (χ0v) is 14.3. The Kier molecular flexibility index (Phi) is 5.48. The number of hydrogen-bond acceptors (Lipinski definition) is 5. The third-order valence-electron chi connectivity index (χ3n) is 3.86. The molecule has 134 valence electrons. The van der Waals surface area contributed by atoms with Crippen LogP contribution in [-0.4, -0.2) is 21.9 Å². The van der Waals surface area contributed by atoms with Gasteiger partial charge in [-0.25, -0.2) is 9.48 Å². The van der Waals surface area contributed by atoms with Crippen molar-refractivity contribution in [2.75, 3.05) is 7.11 Å². The summed E-state index contributed by atoms with van der Waals surface area (Å²) in [7, 11) is 1.60. The van der Waals surface area contributed by atoms with Crippen LogP contribution in [0.4, 0.5) is 0 Å². The minimum Gasteiger partial charge on any atom is -0.496 e. The smallest absolute Gasteiger partial charge is 0.344 e. The number of methoxy groups -OCH3 is 1. The zero-order valence-electron chi connectivity index (χ0n) is 14.3. The molecule has 0 bridgehead atoms. The number of rotatable bonds is 7. The molecule has 0 spiro atoms. The molecule has 7 heteroatoms. The number of hydrogen-bond donors (Lipinski definition) is 1. The second kappa shape index (κ2) is 8.15. The number of aromatic nitrogens is 3. The van der Waals surface area contributed by atoms with Crippen LogP contribution in [0.2, 0.25) is 0 Å². The van der Waals surface area contributed by atoms with Gasteiger partial charge in [-0.15, -0.1) is 5.10 Å². The van der Waals surface area contributed by atoms with Crippen LogP contribution in [0.5, 0.6) is 11.6 Å². The van der Waals surface area contributed by atoms with Gasteiger partial charge in [-0.3, -0.25) is 9.78 Å². The van der Waals surface area contributed by atoms with E-state index in [2.05, 4.69) is 10.1 Å². The molecule has 0 aliphatic carbocycles. The van der Waals surface area contributed by atoms with E-state index in [4.69, 9.17) is 9.47 Å². The molecule has 0 unspecified atom stereocenters. The Morgan fingerprint density at radius 2 is 1.77 bits per heavy atom. The SMILES string of the molecule is COc1ccccc1CCn1nc(OCc2ccccc2)c(=O)[nH]c1=O. The van der Waals surface area contributed by atoms with Crippen molar-refractivity contribution in [1.82, 2.24) is 14.8 Å². The highest BCUT2D eigenvalue weighted by molar-refractivity contribution is 5.33. The van der Waals surface area contributed by atoms with Gasteiger partial charge in [0.2, 0.25) is 0 Å². The van der Waals surface area contributed by atoms with Gasteiger partial charge >= 0.3 is 11.2 Å². The third kappa shape index (κ3) is 4.18. The molecule has 7 nitrogen and oxygen atoms in total. The maximum absolute atomic E-state index is 12.0. The van der Waals surface area contributed by atoms with Crippen LogP contribution in [0.3, 0.4) is 0 Å². The van der Waals surface area contributed by atoms with Crippen LogP contribution in [0.1, 0.15) is 11.1 Å². The van der Waals surface area contributed by atoms with Crippen LogP contribution >= 0.6 is 0 Å².